The van der Waals surface area contributed by atoms with Crippen LogP contribution in [-0.2, 0) is 6.18 Å². The minimum Gasteiger partial charge on any atom is -0.222 e. The van der Waals surface area contributed by atoms with Crippen molar-refractivity contribution in [3.8, 4) is 11.8 Å². The van der Waals surface area contributed by atoms with Crippen molar-refractivity contribution in [3.05, 3.63) is 46.7 Å². The molecule has 0 atom stereocenters. The highest BCUT2D eigenvalue weighted by atomic mass is 35.5. The highest BCUT2D eigenvalue weighted by molar-refractivity contribution is 6.30. The highest BCUT2D eigenvalue weighted by Crippen LogP contribution is 2.29. The molecule has 0 saturated carbocycles. The number of hydrogen-bond acceptors (Lipinski definition) is 2. The number of hydrogen-bond donors (Lipinski definition) is 0. The van der Waals surface area contributed by atoms with Crippen LogP contribution in [-0.4, -0.2) is 9.78 Å². The van der Waals surface area contributed by atoms with Crippen LogP contribution >= 0.6 is 11.6 Å². The van der Waals surface area contributed by atoms with Gasteiger partial charge in [0.1, 0.15) is 11.8 Å². The number of rotatable bonds is 1. The molecule has 0 saturated heterocycles. The van der Waals surface area contributed by atoms with E-state index in [1.807, 2.05) is 0 Å². The van der Waals surface area contributed by atoms with Crippen molar-refractivity contribution in [1.82, 2.24) is 9.78 Å². The van der Waals surface area contributed by atoms with Crippen LogP contribution < -0.4 is 0 Å². The van der Waals surface area contributed by atoms with Crippen LogP contribution in [0.4, 0.5) is 13.2 Å². The molecule has 0 unspecified atom stereocenters. The van der Waals surface area contributed by atoms with Gasteiger partial charge in [-0.15, -0.1) is 0 Å². The van der Waals surface area contributed by atoms with Crippen molar-refractivity contribution >= 4 is 11.6 Å². The fourth-order valence-electron chi connectivity index (χ4n) is 1.40. The SMILES string of the molecule is N#Cc1cc(C(F)(F)F)nn1-c1cccc(Cl)c1. The summed E-state index contributed by atoms with van der Waals surface area (Å²) in [7, 11) is 0. The van der Waals surface area contributed by atoms with E-state index in [0.29, 0.717) is 16.8 Å². The summed E-state index contributed by atoms with van der Waals surface area (Å²) in [5.74, 6) is 0. The zero-order valence-electron chi connectivity index (χ0n) is 8.74. The lowest BCUT2D eigenvalue weighted by Crippen LogP contribution is -2.07. The maximum absolute atomic E-state index is 12.5. The maximum Gasteiger partial charge on any atom is 0.435 e. The van der Waals surface area contributed by atoms with Crippen LogP contribution in [0.25, 0.3) is 5.69 Å². The Balaban J connectivity index is 2.58. The van der Waals surface area contributed by atoms with Gasteiger partial charge in [0, 0.05) is 11.1 Å². The molecule has 3 nitrogen and oxygen atoms in total. The number of halogens is 4. The predicted molar refractivity (Wildman–Crippen MR) is 58.3 cm³/mol. The first-order valence-electron chi connectivity index (χ1n) is 4.75. The highest BCUT2D eigenvalue weighted by Gasteiger charge is 2.35. The molecule has 1 aromatic carbocycles. The van der Waals surface area contributed by atoms with Crippen LogP contribution in [0.1, 0.15) is 11.4 Å². The number of alkyl halides is 3. The van der Waals surface area contributed by atoms with E-state index in [0.717, 1.165) is 4.68 Å². The summed E-state index contributed by atoms with van der Waals surface area (Å²) < 4.78 is 38.4. The first-order valence-corrected chi connectivity index (χ1v) is 5.13. The van der Waals surface area contributed by atoms with Gasteiger partial charge in [0.2, 0.25) is 0 Å². The minimum absolute atomic E-state index is 0.204. The molecular formula is C11H5ClF3N3. The summed E-state index contributed by atoms with van der Waals surface area (Å²) in [5.41, 5.74) is -1.02. The topological polar surface area (TPSA) is 41.6 Å². The summed E-state index contributed by atoms with van der Waals surface area (Å²) in [4.78, 5) is 0. The molecule has 0 amide bonds. The number of nitriles is 1. The molecule has 1 heterocycles. The molecule has 2 aromatic rings. The zero-order valence-corrected chi connectivity index (χ0v) is 9.50. The molecule has 7 heteroatoms. The van der Waals surface area contributed by atoms with Crippen LogP contribution in [0.3, 0.4) is 0 Å². The Morgan fingerprint density at radius 1 is 1.28 bits per heavy atom. The molecule has 92 valence electrons. The lowest BCUT2D eigenvalue weighted by Gasteiger charge is -2.03. The van der Waals surface area contributed by atoms with Crippen LogP contribution in [0.15, 0.2) is 30.3 Å². The summed E-state index contributed by atoms with van der Waals surface area (Å²) in [6.07, 6.45) is -4.59. The van der Waals surface area contributed by atoms with Gasteiger partial charge in [0.25, 0.3) is 0 Å². The van der Waals surface area contributed by atoms with Gasteiger partial charge in [-0.3, -0.25) is 0 Å². The fourth-order valence-corrected chi connectivity index (χ4v) is 1.59. The average molecular weight is 272 g/mol. The van der Waals surface area contributed by atoms with Gasteiger partial charge < -0.3 is 0 Å². The van der Waals surface area contributed by atoms with Crippen molar-refractivity contribution in [1.29, 1.82) is 5.26 Å². The van der Waals surface area contributed by atoms with Gasteiger partial charge in [-0.2, -0.15) is 23.5 Å². The smallest absolute Gasteiger partial charge is 0.222 e. The van der Waals surface area contributed by atoms with Crippen LogP contribution in [0, 0.1) is 11.3 Å². The second-order valence-electron chi connectivity index (χ2n) is 3.42. The number of benzene rings is 1. The van der Waals surface area contributed by atoms with Crippen LogP contribution in [0.2, 0.25) is 5.02 Å². The van der Waals surface area contributed by atoms with E-state index in [1.165, 1.54) is 12.1 Å². The van der Waals surface area contributed by atoms with E-state index >= 15 is 0 Å². The molecule has 18 heavy (non-hydrogen) atoms. The Kier molecular flexibility index (Phi) is 3.01. The van der Waals surface area contributed by atoms with Crippen molar-refractivity contribution in [3.63, 3.8) is 0 Å². The third-order valence-corrected chi connectivity index (χ3v) is 2.40. The quantitative estimate of drug-likeness (QED) is 0.797. The van der Waals surface area contributed by atoms with Gasteiger partial charge in [0.05, 0.1) is 5.69 Å². The minimum atomic E-state index is -4.59. The first-order chi connectivity index (χ1) is 8.41. The van der Waals surface area contributed by atoms with Crippen molar-refractivity contribution in [2.75, 3.05) is 0 Å². The average Bonchev–Trinajstić information content (AvgIpc) is 2.72. The summed E-state index contributed by atoms with van der Waals surface area (Å²) in [6, 6.07) is 8.44. The second kappa shape index (κ2) is 4.35. The summed E-state index contributed by atoms with van der Waals surface area (Å²) in [5, 5.41) is 12.5. The van der Waals surface area contributed by atoms with E-state index in [-0.39, 0.29) is 5.69 Å². The monoisotopic (exact) mass is 271 g/mol. The van der Waals surface area contributed by atoms with Gasteiger partial charge in [0.15, 0.2) is 5.69 Å². The molecular weight excluding hydrogens is 267 g/mol. The third kappa shape index (κ3) is 2.31. The normalized spacial score (nSPS) is 11.3. The molecule has 0 N–H and O–H groups in total. The van der Waals surface area contributed by atoms with E-state index in [9.17, 15) is 13.2 Å². The lowest BCUT2D eigenvalue weighted by molar-refractivity contribution is -0.141. The Labute approximate surface area is 105 Å². The van der Waals surface area contributed by atoms with Crippen molar-refractivity contribution < 1.29 is 13.2 Å². The molecule has 0 radical (unpaired) electrons. The lowest BCUT2D eigenvalue weighted by atomic mass is 10.3. The van der Waals surface area contributed by atoms with Crippen molar-refractivity contribution in [2.24, 2.45) is 0 Å². The van der Waals surface area contributed by atoms with Gasteiger partial charge >= 0.3 is 6.18 Å². The molecule has 0 fully saturated rings. The number of nitrogens with zero attached hydrogens (tertiary/aromatic N) is 3. The third-order valence-electron chi connectivity index (χ3n) is 2.17. The van der Waals surface area contributed by atoms with Gasteiger partial charge in [-0.1, -0.05) is 17.7 Å². The summed E-state index contributed by atoms with van der Waals surface area (Å²) in [6.45, 7) is 0. The van der Waals surface area contributed by atoms with E-state index in [4.69, 9.17) is 16.9 Å². The van der Waals surface area contributed by atoms with E-state index < -0.39 is 11.9 Å². The molecule has 0 bridgehead atoms. The fraction of sp³-hybridized carbons (Fsp3) is 0.0909. The molecule has 0 aliphatic rings. The molecule has 2 rings (SSSR count). The second-order valence-corrected chi connectivity index (χ2v) is 3.85. The predicted octanol–water partition coefficient (Wildman–Crippen LogP) is 3.42. The molecule has 1 aromatic heterocycles. The van der Waals surface area contributed by atoms with Gasteiger partial charge in [-0.05, 0) is 18.2 Å². The Morgan fingerprint density at radius 3 is 2.56 bits per heavy atom. The summed E-state index contributed by atoms with van der Waals surface area (Å²) >= 11 is 5.74. The molecule has 0 aliphatic heterocycles. The van der Waals surface area contributed by atoms with E-state index in [1.54, 1.807) is 18.2 Å². The Morgan fingerprint density at radius 2 is 2.00 bits per heavy atom. The Bertz CT molecular complexity index is 625. The first kappa shape index (κ1) is 12.5. The van der Waals surface area contributed by atoms with Crippen LogP contribution in [0.5, 0.6) is 0 Å². The van der Waals surface area contributed by atoms with Gasteiger partial charge in [-0.25, -0.2) is 4.68 Å². The van der Waals surface area contributed by atoms with Crippen molar-refractivity contribution in [2.45, 2.75) is 6.18 Å². The molecule has 0 aliphatic carbocycles. The Hall–Kier alpha value is -2.00. The largest absolute Gasteiger partial charge is 0.435 e. The standard InChI is InChI=1S/C11H5ClF3N3/c12-7-2-1-3-8(4-7)18-9(6-16)5-10(17-18)11(13,14)15/h1-5H. The molecule has 0 spiro atoms. The number of aromatic nitrogens is 2. The van der Waals surface area contributed by atoms with E-state index in [2.05, 4.69) is 5.10 Å². The zero-order chi connectivity index (χ0) is 13.3. The maximum atomic E-state index is 12.5.